The molecule has 4 rings (SSSR count). The molecule has 3 aromatic rings. The summed E-state index contributed by atoms with van der Waals surface area (Å²) in [5.41, 5.74) is 1.36. The van der Waals surface area contributed by atoms with Crippen molar-refractivity contribution in [1.29, 1.82) is 0 Å². The largest absolute Gasteiger partial charge is 0.324 e. The monoisotopic (exact) mass is 367 g/mol. The molecule has 130 valence electrons. The fourth-order valence-corrected chi connectivity index (χ4v) is 2.96. The van der Waals surface area contributed by atoms with Gasteiger partial charge in [0.25, 0.3) is 0 Å². The Bertz CT molecular complexity index is 986. The van der Waals surface area contributed by atoms with Gasteiger partial charge in [-0.3, -0.25) is 14.9 Å². The number of halogens is 1. The van der Waals surface area contributed by atoms with E-state index in [1.54, 1.807) is 24.3 Å². The first-order valence-electron chi connectivity index (χ1n) is 7.98. The van der Waals surface area contributed by atoms with Crippen molar-refractivity contribution < 1.29 is 9.59 Å². The van der Waals surface area contributed by atoms with Crippen LogP contribution in [-0.4, -0.2) is 26.6 Å². The minimum atomic E-state index is -0.789. The lowest BCUT2D eigenvalue weighted by Gasteiger charge is -2.22. The van der Waals surface area contributed by atoms with Gasteiger partial charge in [0.1, 0.15) is 6.04 Å². The molecule has 1 atom stereocenters. The molecule has 2 heterocycles. The number of rotatable bonds is 3. The number of amides is 2. The molecule has 1 aromatic heterocycles. The van der Waals surface area contributed by atoms with Gasteiger partial charge in [-0.05, 0) is 18.2 Å². The normalized spacial score (nSPS) is 15.9. The zero-order chi connectivity index (χ0) is 18.1. The van der Waals surface area contributed by atoms with Gasteiger partial charge in [-0.15, -0.1) is 5.10 Å². The summed E-state index contributed by atoms with van der Waals surface area (Å²) >= 11 is 5.95. The minimum Gasteiger partial charge on any atom is -0.324 e. The van der Waals surface area contributed by atoms with E-state index in [-0.39, 0.29) is 24.2 Å². The van der Waals surface area contributed by atoms with Gasteiger partial charge in [-0.25, -0.2) is 4.68 Å². The van der Waals surface area contributed by atoms with Crippen molar-refractivity contribution in [3.05, 3.63) is 59.6 Å². The molecule has 0 bridgehead atoms. The molecule has 1 aliphatic rings. The Morgan fingerprint density at radius 2 is 2.00 bits per heavy atom. The summed E-state index contributed by atoms with van der Waals surface area (Å²) in [6.07, 6.45) is -0.0169. The molecule has 0 fully saturated rings. The fourth-order valence-electron chi connectivity index (χ4n) is 2.77. The molecule has 0 radical (unpaired) electrons. The van der Waals surface area contributed by atoms with Crippen LogP contribution in [0.25, 0.3) is 11.4 Å². The quantitative estimate of drug-likeness (QED) is 0.744. The van der Waals surface area contributed by atoms with Crippen LogP contribution in [0.4, 0.5) is 11.6 Å². The Kier molecular flexibility index (Phi) is 4.14. The van der Waals surface area contributed by atoms with E-state index < -0.39 is 6.04 Å². The lowest BCUT2D eigenvalue weighted by Crippen LogP contribution is -2.36. The highest BCUT2D eigenvalue weighted by Gasteiger charge is 2.33. The molecular weight excluding hydrogens is 354 g/mol. The molecule has 1 aliphatic heterocycles. The van der Waals surface area contributed by atoms with E-state index in [0.717, 1.165) is 5.56 Å². The predicted octanol–water partition coefficient (Wildman–Crippen LogP) is 3.12. The van der Waals surface area contributed by atoms with E-state index in [4.69, 9.17) is 11.6 Å². The van der Waals surface area contributed by atoms with Crippen LogP contribution < -0.4 is 10.6 Å². The third kappa shape index (κ3) is 3.16. The summed E-state index contributed by atoms with van der Waals surface area (Å²) in [4.78, 5) is 29.1. The number of hydrogen-bond donors (Lipinski definition) is 2. The average Bonchev–Trinajstić information content (AvgIpc) is 3.05. The first kappa shape index (κ1) is 16.3. The molecule has 1 unspecified atom stereocenters. The SMILES string of the molecule is O=C1CC(C(=O)Nc2cccc(Cl)c2)n2nc(-c3ccccc3)nc2N1. The third-order valence-corrected chi connectivity index (χ3v) is 4.22. The maximum Gasteiger partial charge on any atom is 0.249 e. The van der Waals surface area contributed by atoms with Crippen molar-refractivity contribution in [1.82, 2.24) is 14.8 Å². The second-order valence-corrected chi connectivity index (χ2v) is 6.27. The van der Waals surface area contributed by atoms with E-state index >= 15 is 0 Å². The molecule has 2 amide bonds. The lowest BCUT2D eigenvalue weighted by atomic mass is 10.1. The second kappa shape index (κ2) is 6.61. The number of carbonyl (C=O) groups is 2. The number of anilines is 2. The molecule has 0 aliphatic carbocycles. The Hall–Kier alpha value is -3.19. The van der Waals surface area contributed by atoms with Gasteiger partial charge in [0.15, 0.2) is 5.82 Å². The summed E-state index contributed by atoms with van der Waals surface area (Å²) in [7, 11) is 0. The van der Waals surface area contributed by atoms with Crippen LogP contribution in [-0.2, 0) is 9.59 Å². The van der Waals surface area contributed by atoms with Crippen LogP contribution >= 0.6 is 11.6 Å². The zero-order valence-corrected chi connectivity index (χ0v) is 14.3. The molecule has 7 nitrogen and oxygen atoms in total. The smallest absolute Gasteiger partial charge is 0.249 e. The highest BCUT2D eigenvalue weighted by molar-refractivity contribution is 6.30. The minimum absolute atomic E-state index is 0.0169. The van der Waals surface area contributed by atoms with Crippen LogP contribution in [0.15, 0.2) is 54.6 Å². The van der Waals surface area contributed by atoms with Gasteiger partial charge >= 0.3 is 0 Å². The molecule has 2 N–H and O–H groups in total. The van der Waals surface area contributed by atoms with E-state index in [9.17, 15) is 9.59 Å². The van der Waals surface area contributed by atoms with Crippen LogP contribution in [0.3, 0.4) is 0 Å². The summed E-state index contributed by atoms with van der Waals surface area (Å²) in [6, 6.07) is 15.4. The highest BCUT2D eigenvalue weighted by Crippen LogP contribution is 2.27. The number of aromatic nitrogens is 3. The molecule has 0 saturated carbocycles. The number of fused-ring (bicyclic) bond motifs is 1. The summed E-state index contributed by atoms with van der Waals surface area (Å²) in [6.45, 7) is 0. The van der Waals surface area contributed by atoms with Crippen molar-refractivity contribution in [3.63, 3.8) is 0 Å². The highest BCUT2D eigenvalue weighted by atomic mass is 35.5. The van der Waals surface area contributed by atoms with Gasteiger partial charge in [0.05, 0.1) is 6.42 Å². The van der Waals surface area contributed by atoms with Gasteiger partial charge in [-0.2, -0.15) is 4.98 Å². The first-order chi connectivity index (χ1) is 12.6. The molecule has 26 heavy (non-hydrogen) atoms. The number of nitrogens with zero attached hydrogens (tertiary/aromatic N) is 3. The van der Waals surface area contributed by atoms with E-state index in [1.807, 2.05) is 30.3 Å². The van der Waals surface area contributed by atoms with Gasteiger partial charge in [-0.1, -0.05) is 48.0 Å². The van der Waals surface area contributed by atoms with Crippen LogP contribution in [0.5, 0.6) is 0 Å². The number of nitrogens with one attached hydrogen (secondary N) is 2. The van der Waals surface area contributed by atoms with Gasteiger partial charge < -0.3 is 5.32 Å². The van der Waals surface area contributed by atoms with Gasteiger partial charge in [0.2, 0.25) is 17.8 Å². The second-order valence-electron chi connectivity index (χ2n) is 5.84. The summed E-state index contributed by atoms with van der Waals surface area (Å²) in [5.74, 6) is 0.0679. The standard InChI is InChI=1S/C18H14ClN5O2/c19-12-7-4-8-13(9-12)20-17(26)14-10-15(25)21-18-22-16(23-24(14)18)11-5-2-1-3-6-11/h1-9,14H,10H2,(H,20,26)(H,21,22,23,25). The fraction of sp³-hybridized carbons (Fsp3) is 0.111. The van der Waals surface area contributed by atoms with Crippen LogP contribution in [0.1, 0.15) is 12.5 Å². The van der Waals surface area contributed by atoms with Crippen molar-refractivity contribution in [2.24, 2.45) is 0 Å². The van der Waals surface area contributed by atoms with E-state index in [1.165, 1.54) is 4.68 Å². The van der Waals surface area contributed by atoms with Crippen molar-refractivity contribution in [3.8, 4) is 11.4 Å². The number of carbonyl (C=O) groups excluding carboxylic acids is 2. The Morgan fingerprint density at radius 1 is 1.19 bits per heavy atom. The Morgan fingerprint density at radius 3 is 2.77 bits per heavy atom. The Labute approximate surface area is 154 Å². The zero-order valence-electron chi connectivity index (χ0n) is 13.5. The summed E-state index contributed by atoms with van der Waals surface area (Å²) < 4.78 is 1.45. The average molecular weight is 368 g/mol. The van der Waals surface area contributed by atoms with Crippen molar-refractivity contribution in [2.75, 3.05) is 10.6 Å². The van der Waals surface area contributed by atoms with E-state index in [0.29, 0.717) is 16.5 Å². The summed E-state index contributed by atoms with van der Waals surface area (Å²) in [5, 5.41) is 10.4. The van der Waals surface area contributed by atoms with Crippen molar-refractivity contribution in [2.45, 2.75) is 12.5 Å². The number of benzene rings is 2. The molecule has 8 heteroatoms. The predicted molar refractivity (Wildman–Crippen MR) is 97.8 cm³/mol. The maximum atomic E-state index is 12.7. The first-order valence-corrected chi connectivity index (χ1v) is 8.36. The molecule has 0 saturated heterocycles. The number of hydrogen-bond acceptors (Lipinski definition) is 4. The maximum absolute atomic E-state index is 12.7. The molecule has 0 spiro atoms. The topological polar surface area (TPSA) is 88.9 Å². The van der Waals surface area contributed by atoms with E-state index in [2.05, 4.69) is 20.7 Å². The Balaban J connectivity index is 1.65. The molecule has 2 aromatic carbocycles. The van der Waals surface area contributed by atoms with Crippen LogP contribution in [0, 0.1) is 0 Å². The van der Waals surface area contributed by atoms with Gasteiger partial charge in [0, 0.05) is 16.3 Å². The molecular formula is C18H14ClN5O2. The van der Waals surface area contributed by atoms with Crippen LogP contribution in [0.2, 0.25) is 5.02 Å². The lowest BCUT2D eigenvalue weighted by molar-refractivity contribution is -0.125. The van der Waals surface area contributed by atoms with Crippen molar-refractivity contribution >= 4 is 35.1 Å². The third-order valence-electron chi connectivity index (χ3n) is 3.98.